The van der Waals surface area contributed by atoms with Crippen LogP contribution in [0.2, 0.25) is 0 Å². The predicted molar refractivity (Wildman–Crippen MR) is 91.5 cm³/mol. The van der Waals surface area contributed by atoms with Crippen molar-refractivity contribution in [2.45, 2.75) is 19.8 Å². The second kappa shape index (κ2) is 8.48. The third-order valence-electron chi connectivity index (χ3n) is 3.09. The summed E-state index contributed by atoms with van der Waals surface area (Å²) in [7, 11) is 0. The van der Waals surface area contributed by atoms with E-state index >= 15 is 0 Å². The number of carbonyl (C=O) groups is 2. The summed E-state index contributed by atoms with van der Waals surface area (Å²) in [6.07, 6.45) is 2.86. The summed E-state index contributed by atoms with van der Waals surface area (Å²) in [5.41, 5.74) is 4.53. The van der Waals surface area contributed by atoms with Crippen molar-refractivity contribution >= 4 is 23.7 Å². The summed E-state index contributed by atoms with van der Waals surface area (Å²) in [6.45, 7) is 1.95. The molecule has 5 heteroatoms. The third-order valence-corrected chi connectivity index (χ3v) is 3.09. The molecule has 2 aromatic carbocycles. The van der Waals surface area contributed by atoms with Gasteiger partial charge in [0, 0.05) is 17.7 Å². The van der Waals surface area contributed by atoms with E-state index in [9.17, 15) is 9.59 Å². The van der Waals surface area contributed by atoms with Gasteiger partial charge in [0.25, 0.3) is 5.91 Å². The molecule has 2 amide bonds. The number of hydrogen-bond donors (Lipinski definition) is 2. The van der Waals surface area contributed by atoms with Crippen LogP contribution in [-0.4, -0.2) is 18.0 Å². The zero-order chi connectivity index (χ0) is 16.5. The maximum absolute atomic E-state index is 12.0. The van der Waals surface area contributed by atoms with Gasteiger partial charge in [0.05, 0.1) is 6.21 Å². The van der Waals surface area contributed by atoms with Crippen LogP contribution >= 0.6 is 0 Å². The van der Waals surface area contributed by atoms with E-state index in [0.29, 0.717) is 17.7 Å². The SMILES string of the molecule is CCCC(=O)Nc1ccc(C(=O)NN=Cc2ccccc2)cc1. The van der Waals surface area contributed by atoms with E-state index in [-0.39, 0.29) is 11.8 Å². The Kier molecular flexibility index (Phi) is 6.06. The molecule has 0 aromatic heterocycles. The van der Waals surface area contributed by atoms with Crippen LogP contribution < -0.4 is 10.7 Å². The van der Waals surface area contributed by atoms with Crippen molar-refractivity contribution in [1.82, 2.24) is 5.43 Å². The van der Waals surface area contributed by atoms with Crippen LogP contribution in [0.4, 0.5) is 5.69 Å². The summed E-state index contributed by atoms with van der Waals surface area (Å²) in [5, 5.41) is 6.69. The first-order chi connectivity index (χ1) is 11.2. The average molecular weight is 309 g/mol. The number of hydrazone groups is 1. The van der Waals surface area contributed by atoms with E-state index in [0.717, 1.165) is 12.0 Å². The van der Waals surface area contributed by atoms with Crippen LogP contribution in [0.3, 0.4) is 0 Å². The number of carbonyl (C=O) groups excluding carboxylic acids is 2. The molecule has 2 aromatic rings. The lowest BCUT2D eigenvalue weighted by Gasteiger charge is -2.05. The number of anilines is 1. The monoisotopic (exact) mass is 309 g/mol. The minimum absolute atomic E-state index is 0.0304. The molecule has 2 N–H and O–H groups in total. The standard InChI is InChI=1S/C18H19N3O2/c1-2-6-17(22)20-16-11-9-15(10-12-16)18(23)21-19-13-14-7-4-3-5-8-14/h3-5,7-13H,2,6H2,1H3,(H,20,22)(H,21,23). The van der Waals surface area contributed by atoms with Gasteiger partial charge in [-0.2, -0.15) is 5.10 Å². The van der Waals surface area contributed by atoms with Crippen molar-refractivity contribution in [2.75, 3.05) is 5.32 Å². The second-order valence-corrected chi connectivity index (χ2v) is 4.99. The van der Waals surface area contributed by atoms with Gasteiger partial charge in [-0.15, -0.1) is 0 Å². The molecule has 0 aliphatic rings. The maximum atomic E-state index is 12.0. The number of benzene rings is 2. The van der Waals surface area contributed by atoms with Gasteiger partial charge in [-0.05, 0) is 36.2 Å². The molecule has 0 spiro atoms. The molecule has 0 aliphatic carbocycles. The Morgan fingerprint density at radius 2 is 1.74 bits per heavy atom. The first-order valence-electron chi connectivity index (χ1n) is 7.47. The van der Waals surface area contributed by atoms with Crippen LogP contribution in [0, 0.1) is 0 Å². The highest BCUT2D eigenvalue weighted by atomic mass is 16.2. The van der Waals surface area contributed by atoms with Gasteiger partial charge in [-0.3, -0.25) is 9.59 Å². The van der Waals surface area contributed by atoms with E-state index in [1.165, 1.54) is 0 Å². The molecule has 0 saturated heterocycles. The summed E-state index contributed by atoms with van der Waals surface area (Å²) in [4.78, 5) is 23.5. The lowest BCUT2D eigenvalue weighted by atomic mass is 10.2. The molecule has 0 fully saturated rings. The smallest absolute Gasteiger partial charge is 0.271 e. The molecule has 118 valence electrons. The van der Waals surface area contributed by atoms with Crippen LogP contribution in [0.15, 0.2) is 59.7 Å². The van der Waals surface area contributed by atoms with Crippen LogP contribution in [0.1, 0.15) is 35.7 Å². The molecule has 0 heterocycles. The molecule has 0 unspecified atom stereocenters. The minimum atomic E-state index is -0.302. The fraction of sp³-hybridized carbons (Fsp3) is 0.167. The summed E-state index contributed by atoms with van der Waals surface area (Å²) < 4.78 is 0. The highest BCUT2D eigenvalue weighted by Crippen LogP contribution is 2.10. The molecular formula is C18H19N3O2. The van der Waals surface area contributed by atoms with E-state index in [1.54, 1.807) is 30.5 Å². The van der Waals surface area contributed by atoms with Gasteiger partial charge in [0.15, 0.2) is 0 Å². The lowest BCUT2D eigenvalue weighted by molar-refractivity contribution is -0.116. The quantitative estimate of drug-likeness (QED) is 0.635. The lowest BCUT2D eigenvalue weighted by Crippen LogP contribution is -2.17. The molecule has 23 heavy (non-hydrogen) atoms. The third kappa shape index (κ3) is 5.39. The Bertz CT molecular complexity index is 679. The van der Waals surface area contributed by atoms with E-state index in [1.807, 2.05) is 37.3 Å². The topological polar surface area (TPSA) is 70.6 Å². The van der Waals surface area contributed by atoms with Gasteiger partial charge in [0.1, 0.15) is 0 Å². The Morgan fingerprint density at radius 3 is 2.39 bits per heavy atom. The Balaban J connectivity index is 1.90. The number of nitrogens with zero attached hydrogens (tertiary/aromatic N) is 1. The number of rotatable bonds is 6. The van der Waals surface area contributed by atoms with Gasteiger partial charge >= 0.3 is 0 Å². The molecular weight excluding hydrogens is 290 g/mol. The van der Waals surface area contributed by atoms with Crippen molar-refractivity contribution in [1.29, 1.82) is 0 Å². The Morgan fingerprint density at radius 1 is 1.04 bits per heavy atom. The van der Waals surface area contributed by atoms with Crippen LogP contribution in [-0.2, 0) is 4.79 Å². The summed E-state index contributed by atoms with van der Waals surface area (Å²) in [6, 6.07) is 16.2. The highest BCUT2D eigenvalue weighted by molar-refractivity contribution is 5.96. The molecule has 0 aliphatic heterocycles. The van der Waals surface area contributed by atoms with Gasteiger partial charge in [-0.25, -0.2) is 5.43 Å². The number of hydrogen-bond acceptors (Lipinski definition) is 3. The molecule has 2 rings (SSSR count). The van der Waals surface area contributed by atoms with Crippen molar-refractivity contribution in [3.8, 4) is 0 Å². The Labute approximate surface area is 135 Å². The first-order valence-corrected chi connectivity index (χ1v) is 7.47. The van der Waals surface area contributed by atoms with Gasteiger partial charge < -0.3 is 5.32 Å². The van der Waals surface area contributed by atoms with E-state index < -0.39 is 0 Å². The van der Waals surface area contributed by atoms with E-state index in [4.69, 9.17) is 0 Å². The Hall–Kier alpha value is -2.95. The highest BCUT2D eigenvalue weighted by Gasteiger charge is 2.05. The average Bonchev–Trinajstić information content (AvgIpc) is 2.56. The van der Waals surface area contributed by atoms with Crippen molar-refractivity contribution in [3.63, 3.8) is 0 Å². The van der Waals surface area contributed by atoms with Crippen LogP contribution in [0.25, 0.3) is 0 Å². The van der Waals surface area contributed by atoms with Crippen LogP contribution in [0.5, 0.6) is 0 Å². The fourth-order valence-corrected chi connectivity index (χ4v) is 1.92. The zero-order valence-electron chi connectivity index (χ0n) is 13.0. The van der Waals surface area contributed by atoms with Gasteiger partial charge in [0.2, 0.25) is 5.91 Å². The largest absolute Gasteiger partial charge is 0.326 e. The molecule has 0 saturated carbocycles. The number of nitrogens with one attached hydrogen (secondary N) is 2. The second-order valence-electron chi connectivity index (χ2n) is 4.99. The van der Waals surface area contributed by atoms with Crippen molar-refractivity contribution in [3.05, 3.63) is 65.7 Å². The minimum Gasteiger partial charge on any atom is -0.326 e. The fourth-order valence-electron chi connectivity index (χ4n) is 1.92. The predicted octanol–water partition coefficient (Wildman–Crippen LogP) is 3.19. The molecule has 5 nitrogen and oxygen atoms in total. The zero-order valence-corrected chi connectivity index (χ0v) is 13.0. The van der Waals surface area contributed by atoms with E-state index in [2.05, 4.69) is 15.8 Å². The summed E-state index contributed by atoms with van der Waals surface area (Å²) in [5.74, 6) is -0.333. The number of amides is 2. The maximum Gasteiger partial charge on any atom is 0.271 e. The molecule has 0 bridgehead atoms. The summed E-state index contributed by atoms with van der Waals surface area (Å²) >= 11 is 0. The molecule has 0 radical (unpaired) electrons. The van der Waals surface area contributed by atoms with Crippen molar-refractivity contribution < 1.29 is 9.59 Å². The normalized spacial score (nSPS) is 10.5. The molecule has 0 atom stereocenters. The first kappa shape index (κ1) is 16.4. The van der Waals surface area contributed by atoms with Crippen molar-refractivity contribution in [2.24, 2.45) is 5.10 Å². The van der Waals surface area contributed by atoms with Gasteiger partial charge in [-0.1, -0.05) is 37.3 Å².